The molecule has 0 saturated carbocycles. The first-order chi connectivity index (χ1) is 16.1. The molecule has 0 aromatic carbocycles. The van der Waals surface area contributed by atoms with Crippen LogP contribution in [-0.4, -0.2) is 60.8 Å². The van der Waals surface area contributed by atoms with Gasteiger partial charge in [0.2, 0.25) is 5.91 Å². The Hall–Kier alpha value is -3.69. The lowest BCUT2D eigenvalue weighted by atomic mass is 10.2. The van der Waals surface area contributed by atoms with Crippen LogP contribution in [0.2, 0.25) is 0 Å². The van der Waals surface area contributed by atoms with E-state index in [1.807, 2.05) is 0 Å². The summed E-state index contributed by atoms with van der Waals surface area (Å²) in [6.07, 6.45) is -2.10. The molecular formula is C18H19F5N8O3. The second-order valence-electron chi connectivity index (χ2n) is 6.93. The number of alkyl halides is 5. The lowest BCUT2D eigenvalue weighted by molar-refractivity contribution is -0.144. The van der Waals surface area contributed by atoms with E-state index < -0.39 is 37.4 Å². The van der Waals surface area contributed by atoms with Crippen molar-refractivity contribution in [3.8, 4) is 0 Å². The second kappa shape index (κ2) is 11.0. The standard InChI is InChI=1S/C18H19F5N8O3/c19-17(20)34-4-3-31-27-9-13(29-31)16(33)25-8-12-10-30-14(28-12)5-11(7-26-30)6-24-15(32)1-2-18(21,22)23/h5,7,9-10,17H,1-4,6,8H2,(H,24,32)(H,25,33). The number of fused-ring (bicyclic) bond motifs is 1. The molecule has 0 bridgehead atoms. The molecule has 3 heterocycles. The summed E-state index contributed by atoms with van der Waals surface area (Å²) in [5.74, 6) is -1.30. The van der Waals surface area contributed by atoms with Gasteiger partial charge in [0.1, 0.15) is 0 Å². The van der Waals surface area contributed by atoms with Gasteiger partial charge in [0.05, 0.1) is 50.4 Å². The Bertz CT molecular complexity index is 1130. The van der Waals surface area contributed by atoms with Gasteiger partial charge in [0.25, 0.3) is 5.91 Å². The predicted molar refractivity (Wildman–Crippen MR) is 103 cm³/mol. The van der Waals surface area contributed by atoms with Gasteiger partial charge in [0, 0.05) is 13.0 Å². The highest BCUT2D eigenvalue weighted by molar-refractivity contribution is 5.91. The third kappa shape index (κ3) is 7.72. The van der Waals surface area contributed by atoms with Crippen LogP contribution in [0.25, 0.3) is 5.65 Å². The zero-order valence-corrected chi connectivity index (χ0v) is 17.4. The maximum Gasteiger partial charge on any atom is 0.389 e. The minimum Gasteiger partial charge on any atom is -0.352 e. The third-order valence-corrected chi connectivity index (χ3v) is 4.29. The number of amides is 2. The van der Waals surface area contributed by atoms with Gasteiger partial charge in [-0.1, -0.05) is 0 Å². The predicted octanol–water partition coefficient (Wildman–Crippen LogP) is 1.45. The minimum absolute atomic E-state index is 0.0167. The van der Waals surface area contributed by atoms with E-state index in [4.69, 9.17) is 0 Å². The zero-order valence-electron chi connectivity index (χ0n) is 17.4. The highest BCUT2D eigenvalue weighted by Gasteiger charge is 2.27. The molecule has 3 rings (SSSR count). The molecule has 0 spiro atoms. The zero-order chi connectivity index (χ0) is 24.7. The molecule has 34 heavy (non-hydrogen) atoms. The van der Waals surface area contributed by atoms with Gasteiger partial charge < -0.3 is 15.4 Å². The fourth-order valence-corrected chi connectivity index (χ4v) is 2.68. The van der Waals surface area contributed by atoms with E-state index in [1.165, 1.54) is 16.9 Å². The van der Waals surface area contributed by atoms with Crippen LogP contribution in [0.3, 0.4) is 0 Å². The monoisotopic (exact) mass is 490 g/mol. The van der Waals surface area contributed by atoms with Crippen LogP contribution in [0.15, 0.2) is 24.7 Å². The number of nitrogens with one attached hydrogen (secondary N) is 2. The third-order valence-electron chi connectivity index (χ3n) is 4.29. The normalized spacial score (nSPS) is 11.8. The first kappa shape index (κ1) is 24.9. The molecule has 2 amide bonds. The number of carbonyl (C=O) groups is 2. The number of aromatic nitrogens is 6. The number of carbonyl (C=O) groups excluding carboxylic acids is 2. The van der Waals surface area contributed by atoms with Crippen LogP contribution in [-0.2, 0) is 29.2 Å². The number of rotatable bonds is 11. The van der Waals surface area contributed by atoms with Crippen LogP contribution >= 0.6 is 0 Å². The van der Waals surface area contributed by atoms with Crippen LogP contribution in [0.1, 0.15) is 34.6 Å². The van der Waals surface area contributed by atoms with Gasteiger partial charge in [0.15, 0.2) is 11.3 Å². The second-order valence-corrected chi connectivity index (χ2v) is 6.93. The fourth-order valence-electron chi connectivity index (χ4n) is 2.68. The first-order valence-electron chi connectivity index (χ1n) is 9.84. The molecule has 0 unspecified atom stereocenters. The van der Waals surface area contributed by atoms with E-state index >= 15 is 0 Å². The Kier molecular flexibility index (Phi) is 8.04. The molecule has 0 atom stereocenters. The van der Waals surface area contributed by atoms with Crippen molar-refractivity contribution in [1.29, 1.82) is 0 Å². The minimum atomic E-state index is -4.40. The van der Waals surface area contributed by atoms with Gasteiger partial charge in [-0.25, -0.2) is 9.50 Å². The number of hydrogen-bond acceptors (Lipinski definition) is 7. The molecule has 184 valence electrons. The van der Waals surface area contributed by atoms with Crippen molar-refractivity contribution in [1.82, 2.24) is 40.2 Å². The SMILES string of the molecule is O=C(CCC(F)(F)F)NCc1cnn2cc(CNC(=O)c3cnn(CCOC(F)F)n3)nc2c1. The van der Waals surface area contributed by atoms with Gasteiger partial charge in [-0.05, 0) is 11.6 Å². The van der Waals surface area contributed by atoms with E-state index in [1.54, 1.807) is 12.3 Å². The molecule has 16 heteroatoms. The van der Waals surface area contributed by atoms with E-state index in [2.05, 4.69) is 35.7 Å². The highest BCUT2D eigenvalue weighted by Crippen LogP contribution is 2.21. The quantitative estimate of drug-likeness (QED) is 0.390. The average molecular weight is 490 g/mol. The maximum absolute atomic E-state index is 12.2. The Morgan fingerprint density at radius 1 is 1.12 bits per heavy atom. The van der Waals surface area contributed by atoms with Crippen LogP contribution in [0, 0.1) is 0 Å². The molecule has 0 fully saturated rings. The van der Waals surface area contributed by atoms with Crippen molar-refractivity contribution in [2.75, 3.05) is 6.61 Å². The molecule has 3 aromatic rings. The van der Waals surface area contributed by atoms with Crippen molar-refractivity contribution >= 4 is 17.5 Å². The molecular weight excluding hydrogens is 471 g/mol. The van der Waals surface area contributed by atoms with Crippen molar-refractivity contribution in [3.05, 3.63) is 41.6 Å². The average Bonchev–Trinajstić information content (AvgIpc) is 3.40. The molecule has 0 saturated heterocycles. The lowest BCUT2D eigenvalue weighted by Crippen LogP contribution is -2.24. The molecule has 0 aliphatic rings. The largest absolute Gasteiger partial charge is 0.389 e. The van der Waals surface area contributed by atoms with Gasteiger partial charge >= 0.3 is 12.8 Å². The van der Waals surface area contributed by atoms with E-state index in [-0.39, 0.29) is 31.9 Å². The number of ether oxygens (including phenoxy) is 1. The molecule has 3 aromatic heterocycles. The summed E-state index contributed by atoms with van der Waals surface area (Å²) in [6, 6.07) is 1.59. The Morgan fingerprint density at radius 3 is 2.65 bits per heavy atom. The van der Waals surface area contributed by atoms with Gasteiger partial charge in [-0.3, -0.25) is 9.59 Å². The van der Waals surface area contributed by atoms with Crippen molar-refractivity contribution in [3.63, 3.8) is 0 Å². The Balaban J connectivity index is 1.50. The van der Waals surface area contributed by atoms with Crippen LogP contribution < -0.4 is 10.6 Å². The topological polar surface area (TPSA) is 128 Å². The highest BCUT2D eigenvalue weighted by atomic mass is 19.4. The summed E-state index contributed by atoms with van der Waals surface area (Å²) in [5.41, 5.74) is 1.35. The summed E-state index contributed by atoms with van der Waals surface area (Å²) >= 11 is 0. The van der Waals surface area contributed by atoms with Gasteiger partial charge in [-0.15, -0.1) is 5.10 Å². The Morgan fingerprint density at radius 2 is 1.91 bits per heavy atom. The number of halogens is 5. The molecule has 11 nitrogen and oxygen atoms in total. The van der Waals surface area contributed by atoms with E-state index in [9.17, 15) is 31.5 Å². The van der Waals surface area contributed by atoms with Gasteiger partial charge in [-0.2, -0.15) is 36.9 Å². The number of hydrogen-bond donors (Lipinski definition) is 2. The van der Waals surface area contributed by atoms with E-state index in [0.717, 1.165) is 4.80 Å². The smallest absolute Gasteiger partial charge is 0.352 e. The molecule has 0 radical (unpaired) electrons. The van der Waals surface area contributed by atoms with Crippen LogP contribution in [0.5, 0.6) is 0 Å². The summed E-state index contributed by atoms with van der Waals surface area (Å²) < 4.78 is 66.0. The summed E-state index contributed by atoms with van der Waals surface area (Å²) in [7, 11) is 0. The molecule has 0 aliphatic carbocycles. The number of imidazole rings is 1. The summed E-state index contributed by atoms with van der Waals surface area (Å²) in [6.45, 7) is -3.28. The molecule has 0 aliphatic heterocycles. The number of nitrogens with zero attached hydrogens (tertiary/aromatic N) is 6. The summed E-state index contributed by atoms with van der Waals surface area (Å²) in [5, 5.41) is 16.7. The fraction of sp³-hybridized carbons (Fsp3) is 0.444. The van der Waals surface area contributed by atoms with Crippen molar-refractivity contribution in [2.24, 2.45) is 0 Å². The summed E-state index contributed by atoms with van der Waals surface area (Å²) in [4.78, 5) is 29.1. The lowest BCUT2D eigenvalue weighted by Gasteiger charge is -2.07. The van der Waals surface area contributed by atoms with Crippen molar-refractivity contribution < 1.29 is 36.3 Å². The molecule has 2 N–H and O–H groups in total. The Labute approximate surface area is 188 Å². The maximum atomic E-state index is 12.2. The van der Waals surface area contributed by atoms with Crippen molar-refractivity contribution in [2.45, 2.75) is 45.3 Å². The first-order valence-corrected chi connectivity index (χ1v) is 9.84. The van der Waals surface area contributed by atoms with Crippen LogP contribution in [0.4, 0.5) is 22.0 Å². The van der Waals surface area contributed by atoms with E-state index in [0.29, 0.717) is 16.9 Å².